The number of amides is 1. The molecule has 2 heterocycles. The van der Waals surface area contributed by atoms with Crippen LogP contribution >= 0.6 is 0 Å². The van der Waals surface area contributed by atoms with Gasteiger partial charge in [0, 0.05) is 26.5 Å². The summed E-state index contributed by atoms with van der Waals surface area (Å²) in [7, 11) is 3.32. The quantitative estimate of drug-likeness (QED) is 0.789. The molecule has 0 aliphatic rings. The van der Waals surface area contributed by atoms with E-state index in [1.807, 2.05) is 0 Å². The first kappa shape index (κ1) is 14.7. The lowest BCUT2D eigenvalue weighted by atomic mass is 10.3. The van der Waals surface area contributed by atoms with Crippen LogP contribution in [0.4, 0.5) is 0 Å². The standard InChI is InChI=1S/C14H16N4O3/c1-4-21-14(20)10-5-6-12(15-9-10)18-8-7-11(16-18)13(19)17(2)3/h5-9H,4H2,1-3H3. The summed E-state index contributed by atoms with van der Waals surface area (Å²) in [6.07, 6.45) is 3.06. The van der Waals surface area contributed by atoms with Crippen molar-refractivity contribution in [1.29, 1.82) is 0 Å². The van der Waals surface area contributed by atoms with Crippen LogP contribution in [0.3, 0.4) is 0 Å². The van der Waals surface area contributed by atoms with Crippen molar-refractivity contribution in [1.82, 2.24) is 19.7 Å². The van der Waals surface area contributed by atoms with E-state index < -0.39 is 5.97 Å². The van der Waals surface area contributed by atoms with Crippen LogP contribution in [0.25, 0.3) is 5.82 Å². The summed E-state index contributed by atoms with van der Waals surface area (Å²) in [5.74, 6) is -0.0850. The number of hydrogen-bond donors (Lipinski definition) is 0. The van der Waals surface area contributed by atoms with Crippen LogP contribution in [0.5, 0.6) is 0 Å². The maximum Gasteiger partial charge on any atom is 0.339 e. The first-order chi connectivity index (χ1) is 10.0. The Kier molecular flexibility index (Phi) is 4.32. The molecule has 0 aliphatic heterocycles. The molecule has 0 bridgehead atoms. The average Bonchev–Trinajstić information content (AvgIpc) is 2.96. The Bertz CT molecular complexity index is 646. The molecule has 7 heteroatoms. The maximum absolute atomic E-state index is 11.8. The normalized spacial score (nSPS) is 10.2. The Balaban J connectivity index is 2.19. The lowest BCUT2D eigenvalue weighted by molar-refractivity contribution is 0.0525. The fraction of sp³-hybridized carbons (Fsp3) is 0.286. The van der Waals surface area contributed by atoms with Crippen molar-refractivity contribution < 1.29 is 14.3 Å². The first-order valence-corrected chi connectivity index (χ1v) is 6.43. The van der Waals surface area contributed by atoms with Gasteiger partial charge in [0.15, 0.2) is 11.5 Å². The monoisotopic (exact) mass is 288 g/mol. The molecule has 21 heavy (non-hydrogen) atoms. The molecule has 0 saturated heterocycles. The Morgan fingerprint density at radius 2 is 2.05 bits per heavy atom. The van der Waals surface area contributed by atoms with Crippen LogP contribution in [0.2, 0.25) is 0 Å². The van der Waals surface area contributed by atoms with Crippen LogP contribution < -0.4 is 0 Å². The topological polar surface area (TPSA) is 77.3 Å². The number of hydrogen-bond acceptors (Lipinski definition) is 5. The lowest BCUT2D eigenvalue weighted by Crippen LogP contribution is -2.22. The molecule has 0 spiro atoms. The highest BCUT2D eigenvalue weighted by molar-refractivity contribution is 5.91. The van der Waals surface area contributed by atoms with Gasteiger partial charge in [0.1, 0.15) is 0 Å². The predicted octanol–water partition coefficient (Wildman–Crippen LogP) is 1.15. The summed E-state index contributed by atoms with van der Waals surface area (Å²) in [5.41, 5.74) is 0.702. The van der Waals surface area contributed by atoms with Gasteiger partial charge in [-0.25, -0.2) is 14.5 Å². The third-order valence-corrected chi connectivity index (χ3v) is 2.71. The number of nitrogens with zero attached hydrogens (tertiary/aromatic N) is 4. The summed E-state index contributed by atoms with van der Waals surface area (Å²) in [6.45, 7) is 2.06. The van der Waals surface area contributed by atoms with Crippen molar-refractivity contribution >= 4 is 11.9 Å². The Morgan fingerprint density at radius 3 is 2.62 bits per heavy atom. The van der Waals surface area contributed by atoms with Gasteiger partial charge < -0.3 is 9.64 Å². The molecule has 1 amide bonds. The number of carbonyl (C=O) groups is 2. The molecule has 0 atom stereocenters. The summed E-state index contributed by atoms with van der Waals surface area (Å²) in [4.78, 5) is 28.9. The van der Waals surface area contributed by atoms with E-state index in [9.17, 15) is 9.59 Å². The third kappa shape index (κ3) is 3.25. The van der Waals surface area contributed by atoms with Gasteiger partial charge in [-0.2, -0.15) is 5.10 Å². The minimum atomic E-state index is -0.416. The summed E-state index contributed by atoms with van der Waals surface area (Å²) < 4.78 is 6.36. The van der Waals surface area contributed by atoms with Gasteiger partial charge in [-0.05, 0) is 25.1 Å². The van der Waals surface area contributed by atoms with Gasteiger partial charge in [-0.3, -0.25) is 4.79 Å². The Morgan fingerprint density at radius 1 is 1.29 bits per heavy atom. The van der Waals surface area contributed by atoms with E-state index in [1.165, 1.54) is 15.8 Å². The molecule has 0 radical (unpaired) electrons. The fourth-order valence-corrected chi connectivity index (χ4v) is 1.65. The molecular formula is C14H16N4O3. The second-order valence-electron chi connectivity index (χ2n) is 4.47. The zero-order valence-corrected chi connectivity index (χ0v) is 12.1. The first-order valence-electron chi connectivity index (χ1n) is 6.43. The van der Waals surface area contributed by atoms with E-state index in [2.05, 4.69) is 10.1 Å². The molecule has 2 rings (SSSR count). The van der Waals surface area contributed by atoms with Crippen molar-refractivity contribution in [2.75, 3.05) is 20.7 Å². The van der Waals surface area contributed by atoms with Gasteiger partial charge in [-0.1, -0.05) is 0 Å². The van der Waals surface area contributed by atoms with Crippen molar-refractivity contribution in [2.45, 2.75) is 6.92 Å². The van der Waals surface area contributed by atoms with Gasteiger partial charge in [0.05, 0.1) is 12.2 Å². The van der Waals surface area contributed by atoms with Crippen molar-refractivity contribution in [2.24, 2.45) is 0 Å². The summed E-state index contributed by atoms with van der Waals surface area (Å²) in [5, 5.41) is 4.16. The Labute approximate surface area is 122 Å². The number of ether oxygens (including phenoxy) is 1. The van der Waals surface area contributed by atoms with E-state index in [0.717, 1.165) is 0 Å². The molecule has 7 nitrogen and oxygen atoms in total. The second kappa shape index (κ2) is 6.17. The minimum Gasteiger partial charge on any atom is -0.462 e. The van der Waals surface area contributed by atoms with E-state index in [0.29, 0.717) is 23.7 Å². The van der Waals surface area contributed by atoms with E-state index >= 15 is 0 Å². The smallest absolute Gasteiger partial charge is 0.339 e. The molecule has 0 saturated carbocycles. The van der Waals surface area contributed by atoms with E-state index in [-0.39, 0.29) is 5.91 Å². The molecule has 0 aromatic carbocycles. The highest BCUT2D eigenvalue weighted by atomic mass is 16.5. The van der Waals surface area contributed by atoms with Gasteiger partial charge in [-0.15, -0.1) is 0 Å². The summed E-state index contributed by atoms with van der Waals surface area (Å²) >= 11 is 0. The number of pyridine rings is 1. The van der Waals surface area contributed by atoms with Gasteiger partial charge >= 0.3 is 5.97 Å². The predicted molar refractivity (Wildman–Crippen MR) is 75.3 cm³/mol. The van der Waals surface area contributed by atoms with Crippen LogP contribution in [0, 0.1) is 0 Å². The maximum atomic E-state index is 11.8. The van der Waals surface area contributed by atoms with Crippen molar-refractivity contribution in [3.8, 4) is 5.82 Å². The van der Waals surface area contributed by atoms with E-state index in [4.69, 9.17) is 4.74 Å². The second-order valence-corrected chi connectivity index (χ2v) is 4.47. The molecule has 2 aromatic rings. The van der Waals surface area contributed by atoms with Crippen molar-refractivity contribution in [3.05, 3.63) is 41.9 Å². The molecule has 0 fully saturated rings. The molecule has 0 aliphatic carbocycles. The van der Waals surface area contributed by atoms with Crippen LogP contribution in [0.15, 0.2) is 30.6 Å². The minimum absolute atomic E-state index is 0.183. The number of carbonyl (C=O) groups excluding carboxylic acids is 2. The average molecular weight is 288 g/mol. The summed E-state index contributed by atoms with van der Waals surface area (Å²) in [6, 6.07) is 4.86. The fourth-order valence-electron chi connectivity index (χ4n) is 1.65. The number of esters is 1. The highest BCUT2D eigenvalue weighted by Crippen LogP contribution is 2.08. The highest BCUT2D eigenvalue weighted by Gasteiger charge is 2.13. The largest absolute Gasteiger partial charge is 0.462 e. The lowest BCUT2D eigenvalue weighted by Gasteiger charge is -2.07. The molecule has 110 valence electrons. The SMILES string of the molecule is CCOC(=O)c1ccc(-n2ccc(C(=O)N(C)C)n2)nc1. The van der Waals surface area contributed by atoms with Gasteiger partial charge in [0.25, 0.3) is 5.91 Å². The van der Waals surface area contributed by atoms with Gasteiger partial charge in [0.2, 0.25) is 0 Å². The van der Waals surface area contributed by atoms with Crippen LogP contribution in [0.1, 0.15) is 27.8 Å². The molecule has 2 aromatic heterocycles. The van der Waals surface area contributed by atoms with E-state index in [1.54, 1.807) is 45.4 Å². The number of rotatable bonds is 4. The van der Waals surface area contributed by atoms with Crippen molar-refractivity contribution in [3.63, 3.8) is 0 Å². The van der Waals surface area contributed by atoms with Crippen LogP contribution in [-0.4, -0.2) is 52.2 Å². The Hall–Kier alpha value is -2.70. The van der Waals surface area contributed by atoms with Crippen LogP contribution in [-0.2, 0) is 4.74 Å². The molecular weight excluding hydrogens is 272 g/mol. The zero-order chi connectivity index (χ0) is 15.4. The number of aromatic nitrogens is 3. The zero-order valence-electron chi connectivity index (χ0n) is 12.1. The third-order valence-electron chi connectivity index (χ3n) is 2.71. The molecule has 0 N–H and O–H groups in total. The molecule has 0 unspecified atom stereocenters.